The Morgan fingerprint density at radius 2 is 2.04 bits per heavy atom. The maximum Gasteiger partial charge on any atom is 0.416 e. The number of aliphatic hydroxyl groups excluding tert-OH is 1. The van der Waals surface area contributed by atoms with Crippen molar-refractivity contribution in [3.8, 4) is 6.07 Å². The van der Waals surface area contributed by atoms with Crippen molar-refractivity contribution in [2.75, 3.05) is 11.4 Å². The summed E-state index contributed by atoms with van der Waals surface area (Å²) in [5.41, 5.74) is 0.0300. The molecular weight excluding hydrogens is 319 g/mol. The quantitative estimate of drug-likeness (QED) is 0.916. The fraction of sp³-hybridized carbons (Fsp3) is 0.294. The van der Waals surface area contributed by atoms with Crippen molar-refractivity contribution in [3.05, 3.63) is 59.3 Å². The van der Waals surface area contributed by atoms with Gasteiger partial charge in [0.2, 0.25) is 0 Å². The van der Waals surface area contributed by atoms with Crippen LogP contribution in [0.1, 0.15) is 29.2 Å². The predicted octanol–water partition coefficient (Wildman–Crippen LogP) is 3.28. The van der Waals surface area contributed by atoms with Crippen LogP contribution in [-0.4, -0.2) is 22.7 Å². The molecule has 3 rings (SSSR count). The highest BCUT2D eigenvalue weighted by atomic mass is 19.4. The van der Waals surface area contributed by atoms with Gasteiger partial charge < -0.3 is 10.0 Å². The topological polar surface area (TPSA) is 60.2 Å². The number of β-amino-alcohol motifs (C(OH)–C–C–N with tert-alkyl or cyclic N) is 1. The van der Waals surface area contributed by atoms with Crippen molar-refractivity contribution in [1.82, 2.24) is 4.98 Å². The van der Waals surface area contributed by atoms with Gasteiger partial charge in [-0.1, -0.05) is 12.1 Å². The van der Waals surface area contributed by atoms with E-state index in [-0.39, 0.29) is 13.0 Å². The molecule has 1 fully saturated rings. The SMILES string of the molecule is N#Cc1cccnc1N1CC(O)CC1c1cccc(C(F)(F)F)c1. The number of anilines is 1. The van der Waals surface area contributed by atoms with Gasteiger partial charge in [0.15, 0.2) is 0 Å². The molecule has 2 atom stereocenters. The van der Waals surface area contributed by atoms with E-state index in [1.54, 1.807) is 23.1 Å². The molecule has 0 radical (unpaired) electrons. The minimum Gasteiger partial charge on any atom is -0.391 e. The Labute approximate surface area is 136 Å². The summed E-state index contributed by atoms with van der Waals surface area (Å²) < 4.78 is 38.9. The van der Waals surface area contributed by atoms with Gasteiger partial charge in [-0.05, 0) is 36.2 Å². The third-order valence-electron chi connectivity index (χ3n) is 4.06. The first kappa shape index (κ1) is 16.3. The molecule has 0 saturated carbocycles. The monoisotopic (exact) mass is 333 g/mol. The molecular formula is C17H14F3N3O. The zero-order valence-corrected chi connectivity index (χ0v) is 12.5. The third kappa shape index (κ3) is 3.05. The van der Waals surface area contributed by atoms with Gasteiger partial charge in [0, 0.05) is 12.7 Å². The van der Waals surface area contributed by atoms with Crippen LogP contribution in [0.4, 0.5) is 19.0 Å². The molecule has 2 unspecified atom stereocenters. The summed E-state index contributed by atoms with van der Waals surface area (Å²) in [5, 5.41) is 19.2. The van der Waals surface area contributed by atoms with Crippen LogP contribution in [0.15, 0.2) is 42.6 Å². The summed E-state index contributed by atoms with van der Waals surface area (Å²) in [7, 11) is 0. The van der Waals surface area contributed by atoms with E-state index in [2.05, 4.69) is 4.98 Å². The molecule has 0 spiro atoms. The Bertz CT molecular complexity index is 785. The lowest BCUT2D eigenvalue weighted by Crippen LogP contribution is -2.26. The first-order valence-corrected chi connectivity index (χ1v) is 7.37. The number of pyridine rings is 1. The predicted molar refractivity (Wildman–Crippen MR) is 81.1 cm³/mol. The fourth-order valence-electron chi connectivity index (χ4n) is 3.00. The van der Waals surface area contributed by atoms with Crippen molar-refractivity contribution in [3.63, 3.8) is 0 Å². The number of halogens is 3. The van der Waals surface area contributed by atoms with Crippen LogP contribution < -0.4 is 4.90 Å². The second-order valence-corrected chi connectivity index (χ2v) is 5.67. The van der Waals surface area contributed by atoms with Crippen molar-refractivity contribution in [2.45, 2.75) is 24.7 Å². The van der Waals surface area contributed by atoms with Crippen molar-refractivity contribution >= 4 is 5.82 Å². The Morgan fingerprint density at radius 1 is 1.25 bits per heavy atom. The summed E-state index contributed by atoms with van der Waals surface area (Å²) in [6.07, 6.45) is -3.33. The number of hydrogen-bond donors (Lipinski definition) is 1. The van der Waals surface area contributed by atoms with Gasteiger partial charge in [0.1, 0.15) is 11.9 Å². The van der Waals surface area contributed by atoms with E-state index >= 15 is 0 Å². The summed E-state index contributed by atoms with van der Waals surface area (Å²) in [5.74, 6) is 0.374. The largest absolute Gasteiger partial charge is 0.416 e. The second kappa shape index (κ2) is 6.13. The number of benzene rings is 1. The molecule has 4 nitrogen and oxygen atoms in total. The molecule has 7 heteroatoms. The molecule has 1 N–H and O–H groups in total. The van der Waals surface area contributed by atoms with Crippen molar-refractivity contribution < 1.29 is 18.3 Å². The normalized spacial score (nSPS) is 20.9. The van der Waals surface area contributed by atoms with Gasteiger partial charge in [-0.2, -0.15) is 18.4 Å². The van der Waals surface area contributed by atoms with Gasteiger partial charge in [-0.15, -0.1) is 0 Å². The van der Waals surface area contributed by atoms with E-state index < -0.39 is 23.9 Å². The highest BCUT2D eigenvalue weighted by molar-refractivity contribution is 5.56. The first-order chi connectivity index (χ1) is 11.4. The Hall–Kier alpha value is -2.59. The molecule has 1 aromatic heterocycles. The van der Waals surface area contributed by atoms with E-state index in [1.165, 1.54) is 12.3 Å². The Kier molecular flexibility index (Phi) is 4.16. The van der Waals surface area contributed by atoms with Crippen LogP contribution in [0.2, 0.25) is 0 Å². The number of alkyl halides is 3. The lowest BCUT2D eigenvalue weighted by atomic mass is 10.0. The first-order valence-electron chi connectivity index (χ1n) is 7.37. The Balaban J connectivity index is 2.02. The van der Waals surface area contributed by atoms with Crippen molar-refractivity contribution in [1.29, 1.82) is 5.26 Å². The van der Waals surface area contributed by atoms with Crippen molar-refractivity contribution in [2.24, 2.45) is 0 Å². The molecule has 24 heavy (non-hydrogen) atoms. The molecule has 1 aliphatic heterocycles. The smallest absolute Gasteiger partial charge is 0.391 e. The third-order valence-corrected chi connectivity index (χ3v) is 4.06. The average Bonchev–Trinajstić information content (AvgIpc) is 2.96. The molecule has 1 aromatic carbocycles. The fourth-order valence-corrected chi connectivity index (χ4v) is 3.00. The van der Waals surface area contributed by atoms with Gasteiger partial charge >= 0.3 is 6.18 Å². The number of nitrogens with zero attached hydrogens (tertiary/aromatic N) is 3. The molecule has 0 bridgehead atoms. The molecule has 2 aromatic rings. The maximum atomic E-state index is 13.0. The van der Waals surface area contributed by atoms with Crippen LogP contribution in [-0.2, 0) is 6.18 Å². The zero-order valence-electron chi connectivity index (χ0n) is 12.5. The van der Waals surface area contributed by atoms with Gasteiger partial charge in [0.05, 0.1) is 23.3 Å². The van der Waals surface area contributed by atoms with E-state index in [0.29, 0.717) is 16.9 Å². The number of aromatic nitrogens is 1. The number of nitriles is 1. The van der Waals surface area contributed by atoms with E-state index in [9.17, 15) is 23.5 Å². The van der Waals surface area contributed by atoms with E-state index in [4.69, 9.17) is 0 Å². The zero-order chi connectivity index (χ0) is 17.3. The Morgan fingerprint density at radius 3 is 2.75 bits per heavy atom. The average molecular weight is 333 g/mol. The van der Waals surface area contributed by atoms with Crippen LogP contribution >= 0.6 is 0 Å². The maximum absolute atomic E-state index is 13.0. The number of rotatable bonds is 2. The van der Waals surface area contributed by atoms with E-state index in [0.717, 1.165) is 12.1 Å². The molecule has 0 aliphatic carbocycles. The highest BCUT2D eigenvalue weighted by Gasteiger charge is 2.36. The lowest BCUT2D eigenvalue weighted by Gasteiger charge is -2.26. The minimum atomic E-state index is -4.43. The summed E-state index contributed by atoms with van der Waals surface area (Å²) in [6, 6.07) is 9.82. The van der Waals surface area contributed by atoms with E-state index in [1.807, 2.05) is 6.07 Å². The molecule has 1 saturated heterocycles. The second-order valence-electron chi connectivity index (χ2n) is 5.67. The number of hydrogen-bond acceptors (Lipinski definition) is 4. The van der Waals surface area contributed by atoms with Crippen LogP contribution in [0, 0.1) is 11.3 Å². The lowest BCUT2D eigenvalue weighted by molar-refractivity contribution is -0.137. The van der Waals surface area contributed by atoms with Gasteiger partial charge in [-0.3, -0.25) is 0 Å². The van der Waals surface area contributed by atoms with Gasteiger partial charge in [0.25, 0.3) is 0 Å². The minimum absolute atomic E-state index is 0.215. The highest BCUT2D eigenvalue weighted by Crippen LogP contribution is 2.38. The summed E-state index contributed by atoms with van der Waals surface area (Å²) in [4.78, 5) is 5.88. The van der Waals surface area contributed by atoms with Crippen LogP contribution in [0.25, 0.3) is 0 Å². The summed E-state index contributed by atoms with van der Waals surface area (Å²) in [6.45, 7) is 0.215. The number of aliphatic hydroxyl groups is 1. The molecule has 0 amide bonds. The molecule has 1 aliphatic rings. The van der Waals surface area contributed by atoms with Crippen LogP contribution in [0.3, 0.4) is 0 Å². The van der Waals surface area contributed by atoms with Gasteiger partial charge in [-0.25, -0.2) is 4.98 Å². The molecule has 2 heterocycles. The standard InChI is InChI=1S/C17H14F3N3O/c18-17(19,20)13-5-1-3-11(7-13)15-8-14(24)10-23(15)16-12(9-21)4-2-6-22-16/h1-7,14-15,24H,8,10H2. The summed E-state index contributed by atoms with van der Waals surface area (Å²) >= 11 is 0. The van der Waals surface area contributed by atoms with Crippen LogP contribution in [0.5, 0.6) is 0 Å². The molecule has 124 valence electrons.